The minimum absolute atomic E-state index is 0.379. The van der Waals surface area contributed by atoms with Gasteiger partial charge in [-0.3, -0.25) is 9.88 Å². The molecule has 0 amide bonds. The lowest BCUT2D eigenvalue weighted by Gasteiger charge is -2.21. The van der Waals surface area contributed by atoms with Crippen LogP contribution in [-0.4, -0.2) is 34.7 Å². The van der Waals surface area contributed by atoms with Crippen molar-refractivity contribution in [3.05, 3.63) is 83.1 Å². The van der Waals surface area contributed by atoms with Gasteiger partial charge in [-0.25, -0.2) is 0 Å². The van der Waals surface area contributed by atoms with E-state index in [1.807, 2.05) is 49.4 Å². The van der Waals surface area contributed by atoms with Gasteiger partial charge in [0, 0.05) is 30.8 Å². The Kier molecular flexibility index (Phi) is 5.97. The van der Waals surface area contributed by atoms with E-state index < -0.39 is 6.10 Å². The normalized spacial score (nSPS) is 16.5. The van der Waals surface area contributed by atoms with Gasteiger partial charge in [-0.1, -0.05) is 19.1 Å². The molecule has 1 aliphatic heterocycles. The van der Waals surface area contributed by atoms with E-state index in [0.29, 0.717) is 18.2 Å². The second kappa shape index (κ2) is 8.80. The Morgan fingerprint density at radius 2 is 2.07 bits per heavy atom. The van der Waals surface area contributed by atoms with Gasteiger partial charge in [0.25, 0.3) is 0 Å². The van der Waals surface area contributed by atoms with Crippen LogP contribution in [0.1, 0.15) is 53.7 Å². The Morgan fingerprint density at radius 3 is 2.83 bits per heavy atom. The summed E-state index contributed by atoms with van der Waals surface area (Å²) < 4.78 is 11.7. The number of pyridine rings is 1. The smallest absolute Gasteiger partial charge is 0.123 e. The van der Waals surface area contributed by atoms with Crippen LogP contribution in [0.2, 0.25) is 0 Å². The van der Waals surface area contributed by atoms with Crippen molar-refractivity contribution in [2.24, 2.45) is 0 Å². The number of fused-ring (bicyclic) bond motifs is 1. The zero-order valence-electron chi connectivity index (χ0n) is 17.0. The highest BCUT2D eigenvalue weighted by Gasteiger charge is 2.20. The topological polar surface area (TPSA) is 58.7 Å². The fourth-order valence-electron chi connectivity index (χ4n) is 3.77. The maximum absolute atomic E-state index is 10.7. The van der Waals surface area contributed by atoms with E-state index in [0.717, 1.165) is 54.5 Å². The molecule has 0 radical (unpaired) electrons. The van der Waals surface area contributed by atoms with Crippen LogP contribution in [0.15, 0.2) is 59.1 Å². The average molecular weight is 392 g/mol. The molecular weight excluding hydrogens is 364 g/mol. The highest BCUT2D eigenvalue weighted by atomic mass is 16.5. The summed E-state index contributed by atoms with van der Waals surface area (Å²) in [6.07, 6.45) is 1.99. The average Bonchev–Trinajstić information content (AvgIpc) is 3.08. The molecule has 0 bridgehead atoms. The van der Waals surface area contributed by atoms with Crippen molar-refractivity contribution in [2.75, 3.05) is 19.7 Å². The van der Waals surface area contributed by atoms with Gasteiger partial charge >= 0.3 is 0 Å². The summed E-state index contributed by atoms with van der Waals surface area (Å²) in [6.45, 7) is 7.52. The lowest BCUT2D eigenvalue weighted by molar-refractivity contribution is 0.214. The van der Waals surface area contributed by atoms with Gasteiger partial charge in [-0.15, -0.1) is 0 Å². The third-order valence-electron chi connectivity index (χ3n) is 5.55. The molecule has 152 valence electrons. The Labute approximate surface area is 172 Å². The van der Waals surface area contributed by atoms with Crippen LogP contribution in [0.4, 0.5) is 0 Å². The van der Waals surface area contributed by atoms with Crippen molar-refractivity contribution < 1.29 is 14.3 Å². The van der Waals surface area contributed by atoms with E-state index in [1.165, 1.54) is 0 Å². The van der Waals surface area contributed by atoms with E-state index in [9.17, 15) is 5.11 Å². The number of nitrogens with zero attached hydrogens (tertiary/aromatic N) is 2. The summed E-state index contributed by atoms with van der Waals surface area (Å²) in [5.74, 6) is 3.29. The maximum Gasteiger partial charge on any atom is 0.123 e. The first-order chi connectivity index (χ1) is 14.1. The minimum Gasteiger partial charge on any atom is -0.492 e. The summed E-state index contributed by atoms with van der Waals surface area (Å²) in [4.78, 5) is 6.69. The fraction of sp³-hybridized carbons (Fsp3) is 0.375. The standard InChI is InChI=1S/C24H28N2O3/c1-17(22-8-6-18(2)29-22)10-12-26-13-14-28-23-9-7-19(15-20(23)16-26)24(27)21-5-3-4-11-25-21/h3-9,11,15,17,24,27H,10,12-14,16H2,1-2H3. The van der Waals surface area contributed by atoms with Crippen LogP contribution in [0.3, 0.4) is 0 Å². The molecule has 0 fully saturated rings. The number of aryl methyl sites for hydroxylation is 1. The third-order valence-corrected chi connectivity index (χ3v) is 5.55. The molecule has 3 heterocycles. The minimum atomic E-state index is -0.736. The molecule has 5 nitrogen and oxygen atoms in total. The van der Waals surface area contributed by atoms with Crippen molar-refractivity contribution in [3.8, 4) is 5.75 Å². The molecule has 0 spiro atoms. The van der Waals surface area contributed by atoms with Crippen LogP contribution < -0.4 is 4.74 Å². The summed E-state index contributed by atoms with van der Waals surface area (Å²) in [5.41, 5.74) is 2.60. The lowest BCUT2D eigenvalue weighted by Crippen LogP contribution is -2.27. The molecule has 1 N–H and O–H groups in total. The maximum atomic E-state index is 10.7. The second-order valence-corrected chi connectivity index (χ2v) is 7.79. The zero-order chi connectivity index (χ0) is 20.2. The SMILES string of the molecule is Cc1ccc(C(C)CCN2CCOc3ccc(C(O)c4ccccn4)cc3C2)o1. The molecule has 1 aromatic carbocycles. The Hall–Kier alpha value is -2.63. The van der Waals surface area contributed by atoms with E-state index in [1.54, 1.807) is 6.20 Å². The summed E-state index contributed by atoms with van der Waals surface area (Å²) in [7, 11) is 0. The van der Waals surface area contributed by atoms with E-state index >= 15 is 0 Å². The number of aliphatic hydroxyl groups is 1. The third kappa shape index (κ3) is 4.69. The van der Waals surface area contributed by atoms with Crippen molar-refractivity contribution in [1.29, 1.82) is 0 Å². The number of hydrogen-bond donors (Lipinski definition) is 1. The molecule has 2 unspecified atom stereocenters. The van der Waals surface area contributed by atoms with Gasteiger partial charge in [0.1, 0.15) is 30.0 Å². The van der Waals surface area contributed by atoms with Crippen molar-refractivity contribution in [1.82, 2.24) is 9.88 Å². The van der Waals surface area contributed by atoms with Gasteiger partial charge in [0.2, 0.25) is 0 Å². The molecule has 3 aromatic rings. The van der Waals surface area contributed by atoms with Gasteiger partial charge in [0.05, 0.1) is 5.69 Å². The number of benzene rings is 1. The summed E-state index contributed by atoms with van der Waals surface area (Å²) in [5, 5.41) is 10.7. The van der Waals surface area contributed by atoms with E-state index in [4.69, 9.17) is 9.15 Å². The number of furan rings is 1. The van der Waals surface area contributed by atoms with Crippen LogP contribution in [0, 0.1) is 6.92 Å². The molecule has 0 saturated carbocycles. The number of rotatable bonds is 6. The Bertz CT molecular complexity index is 938. The molecular formula is C24H28N2O3. The molecule has 1 aliphatic rings. The molecule has 29 heavy (non-hydrogen) atoms. The van der Waals surface area contributed by atoms with Crippen molar-refractivity contribution in [2.45, 2.75) is 38.8 Å². The zero-order valence-corrected chi connectivity index (χ0v) is 17.0. The first kappa shape index (κ1) is 19.7. The Balaban J connectivity index is 1.44. The van der Waals surface area contributed by atoms with Gasteiger partial charge in [-0.2, -0.15) is 0 Å². The van der Waals surface area contributed by atoms with E-state index in [2.05, 4.69) is 22.9 Å². The fourth-order valence-corrected chi connectivity index (χ4v) is 3.77. The summed E-state index contributed by atoms with van der Waals surface area (Å²) in [6, 6.07) is 15.6. The molecule has 4 rings (SSSR count). The van der Waals surface area contributed by atoms with E-state index in [-0.39, 0.29) is 0 Å². The van der Waals surface area contributed by atoms with Gasteiger partial charge in [0.15, 0.2) is 0 Å². The van der Waals surface area contributed by atoms with Gasteiger partial charge < -0.3 is 14.3 Å². The molecule has 2 atom stereocenters. The first-order valence-electron chi connectivity index (χ1n) is 10.2. The molecule has 5 heteroatoms. The van der Waals surface area contributed by atoms with Crippen molar-refractivity contribution in [3.63, 3.8) is 0 Å². The molecule has 2 aromatic heterocycles. The summed E-state index contributed by atoms with van der Waals surface area (Å²) >= 11 is 0. The van der Waals surface area contributed by atoms with Crippen LogP contribution in [-0.2, 0) is 6.54 Å². The Morgan fingerprint density at radius 1 is 1.17 bits per heavy atom. The second-order valence-electron chi connectivity index (χ2n) is 7.79. The number of ether oxygens (including phenoxy) is 1. The molecule has 0 saturated heterocycles. The van der Waals surface area contributed by atoms with Crippen molar-refractivity contribution >= 4 is 0 Å². The van der Waals surface area contributed by atoms with Crippen LogP contribution in [0.5, 0.6) is 5.75 Å². The quantitative estimate of drug-likeness (QED) is 0.671. The predicted molar refractivity (Wildman–Crippen MR) is 112 cm³/mol. The number of aliphatic hydroxyl groups excluding tert-OH is 1. The van der Waals surface area contributed by atoms with Crippen LogP contribution in [0.25, 0.3) is 0 Å². The predicted octanol–water partition coefficient (Wildman–Crippen LogP) is 4.45. The van der Waals surface area contributed by atoms with Crippen LogP contribution >= 0.6 is 0 Å². The largest absolute Gasteiger partial charge is 0.492 e. The number of aromatic nitrogens is 1. The van der Waals surface area contributed by atoms with Gasteiger partial charge in [-0.05, 0) is 61.9 Å². The highest BCUT2D eigenvalue weighted by molar-refractivity contribution is 5.40. The molecule has 0 aliphatic carbocycles. The number of hydrogen-bond acceptors (Lipinski definition) is 5. The first-order valence-corrected chi connectivity index (χ1v) is 10.2. The highest BCUT2D eigenvalue weighted by Crippen LogP contribution is 2.29. The lowest BCUT2D eigenvalue weighted by atomic mass is 10.0. The monoisotopic (exact) mass is 392 g/mol.